The van der Waals surface area contributed by atoms with Crippen LogP contribution >= 0.6 is 0 Å². The van der Waals surface area contributed by atoms with Crippen LogP contribution in [-0.4, -0.2) is 60.4 Å². The summed E-state index contributed by atoms with van der Waals surface area (Å²) in [7, 11) is 0. The molecule has 4 N–H and O–H groups in total. The van der Waals surface area contributed by atoms with Crippen molar-refractivity contribution < 1.29 is 18.7 Å². The second kappa shape index (κ2) is 15.7. The van der Waals surface area contributed by atoms with Crippen LogP contribution in [-0.2, 0) is 16.0 Å². The lowest BCUT2D eigenvalue weighted by Crippen LogP contribution is -2.27. The number of hydrogen-bond acceptors (Lipinski definition) is 9. The van der Waals surface area contributed by atoms with Crippen molar-refractivity contribution >= 4 is 29.4 Å². The van der Waals surface area contributed by atoms with Crippen molar-refractivity contribution in [3.63, 3.8) is 0 Å². The number of halogens is 1. The van der Waals surface area contributed by atoms with E-state index in [-0.39, 0.29) is 11.7 Å². The van der Waals surface area contributed by atoms with Gasteiger partial charge < -0.3 is 30.7 Å². The smallest absolute Gasteiger partial charge is 0.251 e. The number of hydrogen-bond donors (Lipinski definition) is 4. The van der Waals surface area contributed by atoms with Crippen LogP contribution in [0.2, 0.25) is 0 Å². The predicted octanol–water partition coefficient (Wildman–Crippen LogP) is 4.24. The van der Waals surface area contributed by atoms with Gasteiger partial charge in [-0.25, -0.2) is 4.39 Å². The van der Waals surface area contributed by atoms with Crippen molar-refractivity contribution in [2.75, 3.05) is 55.5 Å². The Hall–Kier alpha value is -4.61. The molecule has 10 nitrogen and oxygen atoms in total. The van der Waals surface area contributed by atoms with Crippen LogP contribution in [0.4, 0.5) is 27.9 Å². The molecule has 40 heavy (non-hydrogen) atoms. The second-order valence-corrected chi connectivity index (χ2v) is 8.55. The summed E-state index contributed by atoms with van der Waals surface area (Å²) >= 11 is 0. The Kier molecular flexibility index (Phi) is 11.2. The molecule has 1 aromatic heterocycles. The van der Waals surface area contributed by atoms with Crippen molar-refractivity contribution in [1.29, 1.82) is 0 Å². The number of ether oxygens (including phenoxy) is 2. The van der Waals surface area contributed by atoms with E-state index in [1.807, 2.05) is 54.6 Å². The first-order valence-corrected chi connectivity index (χ1v) is 12.9. The highest BCUT2D eigenvalue weighted by Crippen LogP contribution is 2.16. The molecule has 0 fully saturated rings. The molecule has 0 unspecified atom stereocenters. The summed E-state index contributed by atoms with van der Waals surface area (Å²) in [4.78, 5) is 25.3. The first-order valence-electron chi connectivity index (χ1n) is 12.9. The van der Waals surface area contributed by atoms with Gasteiger partial charge in [-0.3, -0.25) is 4.79 Å². The summed E-state index contributed by atoms with van der Waals surface area (Å²) in [6, 6.07) is 24.9. The number of amides is 1. The molecule has 0 radical (unpaired) electrons. The van der Waals surface area contributed by atoms with Crippen LogP contribution < -0.4 is 21.3 Å². The number of carbonyl (C=O) groups is 1. The zero-order valence-electron chi connectivity index (χ0n) is 22.0. The van der Waals surface area contributed by atoms with Crippen LogP contribution in [0.3, 0.4) is 0 Å². The van der Waals surface area contributed by atoms with Gasteiger partial charge in [0.25, 0.3) is 5.91 Å². The number of nitrogens with zero attached hydrogens (tertiary/aromatic N) is 3. The molecule has 0 aliphatic rings. The quantitative estimate of drug-likeness (QED) is 0.153. The van der Waals surface area contributed by atoms with E-state index in [1.54, 1.807) is 18.2 Å². The number of anilines is 4. The van der Waals surface area contributed by atoms with E-state index in [0.717, 1.165) is 11.3 Å². The first-order chi connectivity index (χ1) is 19.7. The van der Waals surface area contributed by atoms with E-state index >= 15 is 0 Å². The zero-order chi connectivity index (χ0) is 27.8. The van der Waals surface area contributed by atoms with Crippen molar-refractivity contribution in [2.24, 2.45) is 0 Å². The lowest BCUT2D eigenvalue weighted by molar-refractivity contribution is 0.0519. The van der Waals surface area contributed by atoms with E-state index in [2.05, 4.69) is 36.2 Å². The van der Waals surface area contributed by atoms with Crippen molar-refractivity contribution in [2.45, 2.75) is 6.54 Å². The third-order valence-electron chi connectivity index (χ3n) is 5.47. The lowest BCUT2D eigenvalue weighted by atomic mass is 10.2. The van der Waals surface area contributed by atoms with Gasteiger partial charge in [-0.1, -0.05) is 48.5 Å². The normalized spacial score (nSPS) is 10.6. The van der Waals surface area contributed by atoms with Crippen LogP contribution in [0.25, 0.3) is 0 Å². The Morgan fingerprint density at radius 1 is 0.700 bits per heavy atom. The summed E-state index contributed by atoms with van der Waals surface area (Å²) in [6.07, 6.45) is 0. The Labute approximate surface area is 232 Å². The maximum absolute atomic E-state index is 13.5. The second-order valence-electron chi connectivity index (χ2n) is 8.55. The molecule has 0 aliphatic heterocycles. The van der Waals surface area contributed by atoms with Crippen LogP contribution in [0, 0.1) is 5.82 Å². The van der Waals surface area contributed by atoms with Crippen molar-refractivity contribution in [1.82, 2.24) is 20.3 Å². The van der Waals surface area contributed by atoms with Gasteiger partial charge in [-0.2, -0.15) is 15.0 Å². The lowest BCUT2D eigenvalue weighted by Gasteiger charge is -2.12. The van der Waals surface area contributed by atoms with Gasteiger partial charge in [0.05, 0.1) is 26.4 Å². The third-order valence-corrected chi connectivity index (χ3v) is 5.47. The molecule has 11 heteroatoms. The minimum absolute atomic E-state index is 0.126. The fourth-order valence-electron chi connectivity index (χ4n) is 3.55. The molecule has 0 spiro atoms. The maximum Gasteiger partial charge on any atom is 0.251 e. The summed E-state index contributed by atoms with van der Waals surface area (Å²) < 4.78 is 24.7. The van der Waals surface area contributed by atoms with E-state index in [0.29, 0.717) is 69.5 Å². The summed E-state index contributed by atoms with van der Waals surface area (Å²) in [5.41, 5.74) is 2.22. The highest BCUT2D eigenvalue weighted by molar-refractivity contribution is 5.94. The standard InChI is InChI=1S/C29H32FN7O3/c30-24-11-7-8-22(20-24)21-33-28-35-27(36-29(37-28)34-25-12-5-2-6-13-25)32-15-17-40-19-18-39-16-14-31-26(38)23-9-3-1-4-10-23/h1-13,20H,14-19,21H2,(H,31,38)(H3,32,33,34,35,36,37). The molecule has 0 bridgehead atoms. The van der Waals surface area contributed by atoms with Crippen molar-refractivity contribution in [3.05, 3.63) is 102 Å². The highest BCUT2D eigenvalue weighted by atomic mass is 19.1. The number of benzene rings is 3. The van der Waals surface area contributed by atoms with Crippen LogP contribution in [0.5, 0.6) is 0 Å². The monoisotopic (exact) mass is 545 g/mol. The highest BCUT2D eigenvalue weighted by Gasteiger charge is 2.08. The largest absolute Gasteiger partial charge is 0.377 e. The van der Waals surface area contributed by atoms with Gasteiger partial charge in [0.2, 0.25) is 17.8 Å². The minimum atomic E-state index is -0.302. The number of carbonyl (C=O) groups excluding carboxylic acids is 1. The molecule has 0 aliphatic carbocycles. The summed E-state index contributed by atoms with van der Waals surface area (Å²) in [5, 5.41) is 12.2. The summed E-state index contributed by atoms with van der Waals surface area (Å²) in [5.74, 6) is 0.639. The van der Waals surface area contributed by atoms with Gasteiger partial charge in [0.15, 0.2) is 0 Å². The first kappa shape index (κ1) is 28.4. The van der Waals surface area contributed by atoms with Gasteiger partial charge in [-0.05, 0) is 42.0 Å². The third kappa shape index (κ3) is 9.93. The summed E-state index contributed by atoms with van der Waals surface area (Å²) in [6.45, 7) is 2.86. The zero-order valence-corrected chi connectivity index (χ0v) is 22.0. The Bertz CT molecular complexity index is 1330. The van der Waals surface area contributed by atoms with Gasteiger partial charge in [0.1, 0.15) is 5.82 Å². The average Bonchev–Trinajstić information content (AvgIpc) is 2.98. The molecular formula is C29H32FN7O3. The van der Waals surface area contributed by atoms with Crippen molar-refractivity contribution in [3.8, 4) is 0 Å². The van der Waals surface area contributed by atoms with E-state index in [1.165, 1.54) is 12.1 Å². The molecule has 3 aromatic carbocycles. The number of rotatable bonds is 16. The minimum Gasteiger partial charge on any atom is -0.377 e. The molecule has 0 saturated heterocycles. The van der Waals surface area contributed by atoms with E-state index in [4.69, 9.17) is 9.47 Å². The Morgan fingerprint density at radius 2 is 1.35 bits per heavy atom. The number of para-hydroxylation sites is 1. The van der Waals surface area contributed by atoms with E-state index in [9.17, 15) is 9.18 Å². The molecule has 4 aromatic rings. The average molecular weight is 546 g/mol. The van der Waals surface area contributed by atoms with Gasteiger partial charge >= 0.3 is 0 Å². The fourth-order valence-corrected chi connectivity index (χ4v) is 3.55. The van der Waals surface area contributed by atoms with Gasteiger partial charge in [-0.15, -0.1) is 0 Å². The molecule has 0 saturated carbocycles. The molecular weight excluding hydrogens is 513 g/mol. The Morgan fingerprint density at radius 3 is 2.08 bits per heavy atom. The fraction of sp³-hybridized carbons (Fsp3) is 0.241. The SMILES string of the molecule is O=C(NCCOCCOCCNc1nc(NCc2cccc(F)c2)nc(Nc2ccccc2)n1)c1ccccc1. The number of aromatic nitrogens is 3. The maximum atomic E-state index is 13.5. The van der Waals surface area contributed by atoms with Gasteiger partial charge in [0, 0.05) is 30.9 Å². The molecule has 1 heterocycles. The topological polar surface area (TPSA) is 122 Å². The molecule has 0 atom stereocenters. The molecule has 4 rings (SSSR count). The predicted molar refractivity (Wildman–Crippen MR) is 152 cm³/mol. The Balaban J connectivity index is 1.18. The molecule has 1 amide bonds. The molecule has 208 valence electrons. The van der Waals surface area contributed by atoms with Crippen LogP contribution in [0.15, 0.2) is 84.9 Å². The van der Waals surface area contributed by atoms with E-state index < -0.39 is 0 Å². The number of nitrogens with one attached hydrogen (secondary N) is 4. The van der Waals surface area contributed by atoms with Crippen LogP contribution in [0.1, 0.15) is 15.9 Å².